The van der Waals surface area contributed by atoms with E-state index in [4.69, 9.17) is 0 Å². The van der Waals surface area contributed by atoms with E-state index in [9.17, 15) is 61.9 Å². The average Bonchev–Trinajstić information content (AvgIpc) is 2.70. The SMILES string of the molecule is CCCNC(=O)c1cc[c]([Sn][CH2]CC(F)(F)C(F)(F)C(F)(F)C(F)(F)C(F)(F)C(F)(F)F)cc1. The first-order valence-electron chi connectivity index (χ1n) is 9.25. The summed E-state index contributed by atoms with van der Waals surface area (Å²) in [6, 6.07) is 5.08. The molecule has 1 rings (SSSR count). The van der Waals surface area contributed by atoms with Crippen molar-refractivity contribution < 1.29 is 61.9 Å². The summed E-state index contributed by atoms with van der Waals surface area (Å²) in [5, 5.41) is 2.53. The zero-order chi connectivity index (χ0) is 26.8. The van der Waals surface area contributed by atoms with Crippen LogP contribution in [0.25, 0.3) is 0 Å². The molecule has 1 aromatic carbocycles. The average molecular weight is 628 g/mol. The van der Waals surface area contributed by atoms with Crippen molar-refractivity contribution in [2.75, 3.05) is 6.54 Å². The fraction of sp³-hybridized carbons (Fsp3) is 0.611. The molecule has 2 radical (unpaired) electrons. The zero-order valence-electron chi connectivity index (χ0n) is 17.0. The van der Waals surface area contributed by atoms with Crippen LogP contribution in [0.2, 0.25) is 4.44 Å². The third-order valence-electron chi connectivity index (χ3n) is 4.45. The van der Waals surface area contributed by atoms with E-state index in [2.05, 4.69) is 5.32 Å². The Morgan fingerprint density at radius 2 is 1.24 bits per heavy atom. The summed E-state index contributed by atoms with van der Waals surface area (Å²) in [6.45, 7) is 2.15. The van der Waals surface area contributed by atoms with Gasteiger partial charge < -0.3 is 0 Å². The molecule has 0 atom stereocenters. The molecule has 0 aliphatic rings. The Morgan fingerprint density at radius 1 is 0.765 bits per heavy atom. The molecule has 0 aliphatic heterocycles. The summed E-state index contributed by atoms with van der Waals surface area (Å²) < 4.78 is 169. The first-order valence-corrected chi connectivity index (χ1v) is 12.7. The molecule has 2 nitrogen and oxygen atoms in total. The van der Waals surface area contributed by atoms with Crippen LogP contribution < -0.4 is 8.90 Å². The normalized spacial score (nSPS) is 14.3. The molecule has 0 unspecified atom stereocenters. The summed E-state index contributed by atoms with van der Waals surface area (Å²) in [6.07, 6.45) is -8.95. The van der Waals surface area contributed by atoms with Gasteiger partial charge in [0, 0.05) is 0 Å². The topological polar surface area (TPSA) is 29.1 Å². The quantitative estimate of drug-likeness (QED) is 0.248. The molecule has 194 valence electrons. The number of hydrogen-bond acceptors (Lipinski definition) is 1. The first-order chi connectivity index (χ1) is 15.2. The van der Waals surface area contributed by atoms with E-state index in [-0.39, 0.29) is 5.56 Å². The predicted molar refractivity (Wildman–Crippen MR) is 94.7 cm³/mol. The van der Waals surface area contributed by atoms with E-state index >= 15 is 0 Å². The van der Waals surface area contributed by atoms with Crippen LogP contribution in [0.4, 0.5) is 57.1 Å². The molecule has 0 aliphatic carbocycles. The second-order valence-corrected chi connectivity index (χ2v) is 11.1. The fourth-order valence-corrected chi connectivity index (χ4v) is 5.63. The van der Waals surface area contributed by atoms with E-state index in [0.717, 1.165) is 0 Å². The number of rotatable bonds is 11. The van der Waals surface area contributed by atoms with Gasteiger partial charge in [-0.3, -0.25) is 0 Å². The molecular weight excluding hydrogens is 612 g/mol. The van der Waals surface area contributed by atoms with E-state index in [0.29, 0.717) is 16.5 Å². The predicted octanol–water partition coefficient (Wildman–Crippen LogP) is 5.70. The van der Waals surface area contributed by atoms with Gasteiger partial charge in [0.05, 0.1) is 0 Å². The molecule has 34 heavy (non-hydrogen) atoms. The molecule has 0 saturated carbocycles. The maximum atomic E-state index is 13.8. The molecular formula is C18H16F13NOSn. The van der Waals surface area contributed by atoms with Crippen molar-refractivity contribution in [3.05, 3.63) is 29.8 Å². The van der Waals surface area contributed by atoms with Crippen LogP contribution in [-0.2, 0) is 0 Å². The van der Waals surface area contributed by atoms with Crippen LogP contribution in [-0.4, -0.2) is 69.4 Å². The van der Waals surface area contributed by atoms with E-state index < -0.39 is 73.7 Å². The number of carbonyl (C=O) groups excluding carboxylic acids is 1. The molecule has 1 amide bonds. The number of nitrogens with one attached hydrogen (secondary N) is 1. The molecule has 0 aromatic heterocycles. The molecule has 0 saturated heterocycles. The van der Waals surface area contributed by atoms with Gasteiger partial charge in [0.2, 0.25) is 0 Å². The summed E-state index contributed by atoms with van der Waals surface area (Å²) >= 11 is -2.26. The van der Waals surface area contributed by atoms with Crippen molar-refractivity contribution in [1.29, 1.82) is 0 Å². The van der Waals surface area contributed by atoms with E-state index in [1.54, 1.807) is 6.92 Å². The first kappa shape index (κ1) is 30.6. The van der Waals surface area contributed by atoms with Gasteiger partial charge in [0.15, 0.2) is 0 Å². The fourth-order valence-electron chi connectivity index (χ4n) is 2.40. The third-order valence-corrected chi connectivity index (χ3v) is 7.99. The Morgan fingerprint density at radius 3 is 1.68 bits per heavy atom. The van der Waals surface area contributed by atoms with Crippen molar-refractivity contribution in [2.24, 2.45) is 0 Å². The van der Waals surface area contributed by atoms with Crippen LogP contribution in [0, 0.1) is 0 Å². The van der Waals surface area contributed by atoms with Gasteiger partial charge in [0.1, 0.15) is 0 Å². The van der Waals surface area contributed by atoms with Crippen LogP contribution in [0.1, 0.15) is 30.1 Å². The summed E-state index contributed by atoms with van der Waals surface area (Å²) in [4.78, 5) is 11.7. The van der Waals surface area contributed by atoms with Crippen molar-refractivity contribution in [3.63, 3.8) is 0 Å². The number of benzene rings is 1. The molecule has 1 N–H and O–H groups in total. The Kier molecular flexibility index (Phi) is 9.26. The number of halogens is 13. The van der Waals surface area contributed by atoms with Crippen LogP contribution in [0.3, 0.4) is 0 Å². The molecule has 0 fully saturated rings. The second kappa shape index (κ2) is 10.3. The third kappa shape index (κ3) is 5.69. The van der Waals surface area contributed by atoms with Crippen molar-refractivity contribution >= 4 is 30.6 Å². The summed E-state index contributed by atoms with van der Waals surface area (Å²) in [5.74, 6) is -37.1. The molecule has 1 aromatic rings. The Bertz CT molecular complexity index is 837. The minimum absolute atomic E-state index is 0.168. The maximum absolute atomic E-state index is 13.8. The number of amides is 1. The summed E-state index contributed by atoms with van der Waals surface area (Å²) in [7, 11) is 0. The number of alkyl halides is 13. The van der Waals surface area contributed by atoms with Gasteiger partial charge in [0.25, 0.3) is 0 Å². The Balaban J connectivity index is 2.97. The zero-order valence-corrected chi connectivity index (χ0v) is 19.8. The summed E-state index contributed by atoms with van der Waals surface area (Å²) in [5.41, 5.74) is 0.168. The van der Waals surface area contributed by atoms with Gasteiger partial charge in [-0.2, -0.15) is 0 Å². The standard InChI is InChI=1S/C10H12NO.C8H4F13.Sn/c1-2-8-11-10(12)9-6-4-3-5-7-9;1-2-3(9,10)4(11,12)5(13,14)6(15,16)7(17,18)8(19,20)21;/h4-7H,2,8H2,1H3,(H,11,12);1-2H2;. The van der Waals surface area contributed by atoms with Gasteiger partial charge in [-0.25, -0.2) is 0 Å². The minimum atomic E-state index is -7.88. The van der Waals surface area contributed by atoms with Gasteiger partial charge in [-0.15, -0.1) is 0 Å². The van der Waals surface area contributed by atoms with Crippen molar-refractivity contribution in [3.8, 4) is 0 Å². The molecule has 0 spiro atoms. The number of carbonyl (C=O) groups is 1. The van der Waals surface area contributed by atoms with Gasteiger partial charge in [-0.05, 0) is 0 Å². The van der Waals surface area contributed by atoms with Crippen molar-refractivity contribution in [1.82, 2.24) is 5.32 Å². The monoisotopic (exact) mass is 629 g/mol. The van der Waals surface area contributed by atoms with E-state index in [1.807, 2.05) is 0 Å². The van der Waals surface area contributed by atoms with Crippen LogP contribution in [0.5, 0.6) is 0 Å². The Hall–Kier alpha value is -1.42. The van der Waals surface area contributed by atoms with E-state index in [1.165, 1.54) is 24.3 Å². The molecule has 16 heteroatoms. The molecule has 0 heterocycles. The second-order valence-electron chi connectivity index (χ2n) is 7.01. The van der Waals surface area contributed by atoms with Crippen molar-refractivity contribution in [2.45, 2.75) is 60.0 Å². The van der Waals surface area contributed by atoms with Crippen LogP contribution >= 0.6 is 0 Å². The Labute approximate surface area is 194 Å². The number of hydrogen-bond donors (Lipinski definition) is 1. The molecule has 0 bridgehead atoms. The van der Waals surface area contributed by atoms with Gasteiger partial charge >= 0.3 is 194 Å². The van der Waals surface area contributed by atoms with Crippen LogP contribution in [0.15, 0.2) is 24.3 Å². The van der Waals surface area contributed by atoms with Gasteiger partial charge in [-0.1, -0.05) is 0 Å².